The second-order valence-corrected chi connectivity index (χ2v) is 9.60. The number of aromatic amines is 1. The Morgan fingerprint density at radius 3 is 2.70 bits per heavy atom. The Morgan fingerprint density at radius 1 is 1.11 bits per heavy atom. The van der Waals surface area contributed by atoms with Gasteiger partial charge in [0, 0.05) is 68.6 Å². The molecule has 2 aromatic heterocycles. The molecule has 1 aromatic carbocycles. The zero-order valence-corrected chi connectivity index (χ0v) is 23.7. The quantitative estimate of drug-likeness (QED) is 0.200. The number of rotatable bonds is 13. The van der Waals surface area contributed by atoms with Crippen LogP contribution in [-0.4, -0.2) is 64.8 Å². The van der Waals surface area contributed by atoms with Crippen LogP contribution >= 0.6 is 36.4 Å². The van der Waals surface area contributed by atoms with Crippen LogP contribution in [0.1, 0.15) is 37.2 Å². The number of H-pyrrole nitrogens is 1. The van der Waals surface area contributed by atoms with Crippen molar-refractivity contribution >= 4 is 53.3 Å². The summed E-state index contributed by atoms with van der Waals surface area (Å²) in [5.74, 6) is 1.40. The van der Waals surface area contributed by atoms with E-state index in [0.717, 1.165) is 74.7 Å². The molecule has 0 saturated carbocycles. The summed E-state index contributed by atoms with van der Waals surface area (Å²) in [6.45, 7) is 7.64. The van der Waals surface area contributed by atoms with E-state index in [1.165, 1.54) is 19.3 Å². The molecule has 0 radical (unpaired) electrons. The van der Waals surface area contributed by atoms with Crippen LogP contribution in [0.15, 0.2) is 29.2 Å². The van der Waals surface area contributed by atoms with Crippen molar-refractivity contribution in [1.82, 2.24) is 35.5 Å². The van der Waals surface area contributed by atoms with Crippen molar-refractivity contribution in [3.05, 3.63) is 51.3 Å². The highest BCUT2D eigenvalue weighted by molar-refractivity contribution is 6.31. The van der Waals surface area contributed by atoms with E-state index in [-0.39, 0.29) is 30.4 Å². The monoisotopic (exact) mass is 572 g/mol. The third-order valence-electron chi connectivity index (χ3n) is 6.47. The van der Waals surface area contributed by atoms with Crippen molar-refractivity contribution in [2.45, 2.75) is 51.6 Å². The molecule has 0 amide bonds. The molecule has 1 unspecified atom stereocenters. The summed E-state index contributed by atoms with van der Waals surface area (Å²) in [5, 5.41) is 14.3. The van der Waals surface area contributed by atoms with Crippen molar-refractivity contribution in [3.63, 3.8) is 0 Å². The summed E-state index contributed by atoms with van der Waals surface area (Å²) >= 11 is 6.03. The molecule has 3 heterocycles. The fraction of sp³-hybridized carbons (Fsp3) is 0.560. The van der Waals surface area contributed by atoms with Gasteiger partial charge in [-0.3, -0.25) is 4.79 Å². The van der Waals surface area contributed by atoms with Gasteiger partial charge in [0.2, 0.25) is 0 Å². The molecule has 1 saturated heterocycles. The molecule has 5 N–H and O–H groups in total. The molecule has 206 valence electrons. The highest BCUT2D eigenvalue weighted by Crippen LogP contribution is 2.17. The van der Waals surface area contributed by atoms with Crippen LogP contribution in [0.5, 0.6) is 0 Å². The molecule has 0 spiro atoms. The van der Waals surface area contributed by atoms with Gasteiger partial charge in [-0.2, -0.15) is 0 Å². The Morgan fingerprint density at radius 2 is 1.92 bits per heavy atom. The fourth-order valence-corrected chi connectivity index (χ4v) is 4.65. The van der Waals surface area contributed by atoms with Gasteiger partial charge in [-0.15, -0.1) is 24.8 Å². The van der Waals surface area contributed by atoms with Crippen molar-refractivity contribution in [2.75, 3.05) is 44.6 Å². The molecule has 9 nitrogen and oxygen atoms in total. The first-order valence-corrected chi connectivity index (χ1v) is 13.1. The number of nitrogens with one attached hydrogen (secondary N) is 5. The van der Waals surface area contributed by atoms with E-state index in [2.05, 4.69) is 36.2 Å². The summed E-state index contributed by atoms with van der Waals surface area (Å²) in [5.41, 5.74) is 2.73. The smallest absolute Gasteiger partial charge is 0.293 e. The topological polar surface area (TPSA) is 112 Å². The molecule has 1 aliphatic rings. The van der Waals surface area contributed by atoms with Crippen LogP contribution < -0.4 is 26.8 Å². The average Bonchev–Trinajstić information content (AvgIpc) is 3.26. The predicted molar refractivity (Wildman–Crippen MR) is 157 cm³/mol. The fourth-order valence-electron chi connectivity index (χ4n) is 4.48. The van der Waals surface area contributed by atoms with Gasteiger partial charge in [-0.05, 0) is 50.9 Å². The first kappa shape index (κ1) is 31.3. The van der Waals surface area contributed by atoms with Gasteiger partial charge < -0.3 is 30.8 Å². The maximum atomic E-state index is 12.9. The molecule has 1 aliphatic heterocycles. The Balaban J connectivity index is 0.00000241. The number of benzene rings is 1. The highest BCUT2D eigenvalue weighted by atomic mass is 35.5. The lowest BCUT2D eigenvalue weighted by Crippen LogP contribution is -2.36. The standard InChI is InChI=1S/C25H37ClN8O.2ClH/c1-18-17-31-24(30-11-7-20-4-2-3-9-29-20)25(35)34(18)15-14-28-13-12-27-10-8-23-32-21-6-5-19(26)16-22(21)33-23;;/h5-6,16-17,20,27-29H,2-4,7-15H2,1H3,(H,30,31)(H,32,33);2*1H. The predicted octanol–water partition coefficient (Wildman–Crippen LogP) is 3.29. The number of hydrogen-bond donors (Lipinski definition) is 5. The van der Waals surface area contributed by atoms with Gasteiger partial charge in [-0.25, -0.2) is 9.97 Å². The third kappa shape index (κ3) is 9.42. The van der Waals surface area contributed by atoms with Crippen LogP contribution in [0.2, 0.25) is 5.02 Å². The van der Waals surface area contributed by atoms with Gasteiger partial charge in [0.15, 0.2) is 5.82 Å². The van der Waals surface area contributed by atoms with E-state index in [9.17, 15) is 4.79 Å². The summed E-state index contributed by atoms with van der Waals surface area (Å²) in [4.78, 5) is 25.1. The molecule has 1 fully saturated rings. The minimum atomic E-state index is -0.0475. The number of fused-ring (bicyclic) bond motifs is 1. The van der Waals surface area contributed by atoms with Crippen LogP contribution in [0.4, 0.5) is 5.82 Å². The number of nitrogens with zero attached hydrogens (tertiary/aromatic N) is 3. The van der Waals surface area contributed by atoms with Gasteiger partial charge in [0.25, 0.3) is 5.56 Å². The second-order valence-electron chi connectivity index (χ2n) is 9.16. The molecular weight excluding hydrogens is 535 g/mol. The first-order valence-electron chi connectivity index (χ1n) is 12.7. The van der Waals surface area contributed by atoms with Gasteiger partial charge in [0.1, 0.15) is 5.82 Å². The molecule has 1 atom stereocenters. The lowest BCUT2D eigenvalue weighted by molar-refractivity contribution is 0.388. The number of halogens is 3. The van der Waals surface area contributed by atoms with Crippen molar-refractivity contribution in [1.29, 1.82) is 0 Å². The molecule has 12 heteroatoms. The molecule has 0 aliphatic carbocycles. The number of aromatic nitrogens is 4. The summed E-state index contributed by atoms with van der Waals surface area (Å²) in [7, 11) is 0. The number of anilines is 1. The van der Waals surface area contributed by atoms with Gasteiger partial charge >= 0.3 is 0 Å². The number of aryl methyl sites for hydroxylation is 1. The molecule has 0 bridgehead atoms. The van der Waals surface area contributed by atoms with E-state index in [1.54, 1.807) is 10.8 Å². The Kier molecular flexibility index (Phi) is 13.7. The summed E-state index contributed by atoms with van der Waals surface area (Å²) in [6, 6.07) is 6.22. The van der Waals surface area contributed by atoms with Crippen LogP contribution in [-0.2, 0) is 13.0 Å². The van der Waals surface area contributed by atoms with Crippen LogP contribution in [0, 0.1) is 6.92 Å². The van der Waals surface area contributed by atoms with E-state index in [4.69, 9.17) is 11.6 Å². The summed E-state index contributed by atoms with van der Waals surface area (Å²) in [6.07, 6.45) is 7.36. The number of piperidine rings is 1. The minimum Gasteiger partial charge on any atom is -0.365 e. The Bertz CT molecular complexity index is 1150. The molecule has 3 aromatic rings. The van der Waals surface area contributed by atoms with Gasteiger partial charge in [0.05, 0.1) is 11.0 Å². The maximum absolute atomic E-state index is 12.9. The largest absolute Gasteiger partial charge is 0.365 e. The Hall–Kier alpha value is -1.88. The van der Waals surface area contributed by atoms with E-state index >= 15 is 0 Å². The zero-order valence-electron chi connectivity index (χ0n) is 21.3. The van der Waals surface area contributed by atoms with Gasteiger partial charge in [-0.1, -0.05) is 18.0 Å². The van der Waals surface area contributed by atoms with Crippen molar-refractivity contribution < 1.29 is 0 Å². The lowest BCUT2D eigenvalue weighted by atomic mass is 10.0. The third-order valence-corrected chi connectivity index (χ3v) is 6.71. The Labute approximate surface area is 235 Å². The normalized spacial score (nSPS) is 15.2. The minimum absolute atomic E-state index is 0. The highest BCUT2D eigenvalue weighted by Gasteiger charge is 2.13. The number of hydrogen-bond acceptors (Lipinski definition) is 7. The molecular formula is C25H39Cl3N8O. The van der Waals surface area contributed by atoms with Crippen molar-refractivity contribution in [3.8, 4) is 0 Å². The van der Waals surface area contributed by atoms with Crippen LogP contribution in [0.3, 0.4) is 0 Å². The molecule has 37 heavy (non-hydrogen) atoms. The lowest BCUT2D eigenvalue weighted by Gasteiger charge is -2.23. The van der Waals surface area contributed by atoms with E-state index < -0.39 is 0 Å². The SMILES string of the molecule is Cc1cnc(NCCC2CCCCN2)c(=O)n1CCNCCNCCc1nc2ccc(Cl)cc2[nH]1.Cl.Cl. The average molecular weight is 574 g/mol. The van der Waals surface area contributed by atoms with E-state index in [1.807, 2.05) is 25.1 Å². The number of imidazole rings is 1. The molecule has 4 rings (SSSR count). The van der Waals surface area contributed by atoms with Crippen LogP contribution in [0.25, 0.3) is 11.0 Å². The zero-order chi connectivity index (χ0) is 24.5. The second kappa shape index (κ2) is 16.2. The summed E-state index contributed by atoms with van der Waals surface area (Å²) < 4.78 is 1.79. The maximum Gasteiger partial charge on any atom is 0.293 e. The van der Waals surface area contributed by atoms with Crippen molar-refractivity contribution in [2.24, 2.45) is 0 Å². The van der Waals surface area contributed by atoms with E-state index in [0.29, 0.717) is 23.4 Å². The first-order chi connectivity index (χ1) is 17.1.